The molecule has 3 rings (SSSR count). The number of nitrogens with zero attached hydrogens (tertiary/aromatic N) is 2. The molecule has 1 fully saturated rings. The third-order valence-electron chi connectivity index (χ3n) is 3.86. The van der Waals surface area contributed by atoms with Crippen LogP contribution < -0.4 is 4.74 Å². The maximum absolute atomic E-state index is 12.7. The van der Waals surface area contributed by atoms with Crippen LogP contribution in [0, 0.1) is 10.1 Å². The Morgan fingerprint density at radius 1 is 1.33 bits per heavy atom. The summed E-state index contributed by atoms with van der Waals surface area (Å²) in [5.41, 5.74) is 0.784. The van der Waals surface area contributed by atoms with Gasteiger partial charge in [0.05, 0.1) is 29.5 Å². The quantitative estimate of drug-likeness (QED) is 0.353. The second-order valence-corrected chi connectivity index (χ2v) is 7.27. The number of phenols is 1. The summed E-state index contributed by atoms with van der Waals surface area (Å²) in [6, 6.07) is 11.7. The molecule has 1 saturated heterocycles. The summed E-state index contributed by atoms with van der Waals surface area (Å²) in [5, 5.41) is 21.3. The first kappa shape index (κ1) is 18.9. The highest BCUT2D eigenvalue weighted by atomic mass is 32.2. The predicted molar refractivity (Wildman–Crippen MR) is 106 cm³/mol. The highest BCUT2D eigenvalue weighted by Gasteiger charge is 2.32. The molecule has 0 saturated carbocycles. The van der Waals surface area contributed by atoms with E-state index < -0.39 is 4.92 Å². The van der Waals surface area contributed by atoms with Gasteiger partial charge in [-0.1, -0.05) is 54.3 Å². The Bertz CT molecular complexity index is 960. The lowest BCUT2D eigenvalue weighted by molar-refractivity contribution is -0.385. The fourth-order valence-corrected chi connectivity index (χ4v) is 3.77. The maximum Gasteiger partial charge on any atom is 0.274 e. The number of phenolic OH excluding ortho intramolecular Hbond substituents is 1. The van der Waals surface area contributed by atoms with Crippen molar-refractivity contribution in [3.05, 3.63) is 68.6 Å². The highest BCUT2D eigenvalue weighted by Crippen LogP contribution is 2.39. The smallest absolute Gasteiger partial charge is 0.274 e. The molecule has 27 heavy (non-hydrogen) atoms. The molecule has 138 valence electrons. The lowest BCUT2D eigenvalue weighted by Gasteiger charge is -2.14. The van der Waals surface area contributed by atoms with Gasteiger partial charge in [-0.25, -0.2) is 0 Å². The molecule has 0 aliphatic carbocycles. The van der Waals surface area contributed by atoms with E-state index in [-0.39, 0.29) is 33.6 Å². The third kappa shape index (κ3) is 3.93. The van der Waals surface area contributed by atoms with Crippen molar-refractivity contribution >= 4 is 46.0 Å². The van der Waals surface area contributed by atoms with Crippen LogP contribution in [0.2, 0.25) is 0 Å². The van der Waals surface area contributed by atoms with Crippen LogP contribution in [0.15, 0.2) is 47.4 Å². The standard InChI is InChI=1S/C18H14N2O5S2/c1-25-14-9-13(20(23)24)7-12(16(14)21)8-15-17(22)19(18(26)27-15)10-11-5-3-2-4-6-11/h2-9,21H,10H2,1H3/b15-8+. The number of aromatic hydroxyl groups is 1. The van der Waals surface area contributed by atoms with Crippen molar-refractivity contribution in [2.24, 2.45) is 0 Å². The summed E-state index contributed by atoms with van der Waals surface area (Å²) in [7, 11) is 1.29. The number of carbonyl (C=O) groups is 1. The number of non-ortho nitro benzene ring substituents is 1. The number of nitro groups is 1. The molecule has 1 aliphatic heterocycles. The number of rotatable bonds is 5. The molecule has 0 aromatic heterocycles. The zero-order valence-electron chi connectivity index (χ0n) is 14.1. The molecule has 2 aromatic rings. The number of hydrogen-bond acceptors (Lipinski definition) is 7. The Balaban J connectivity index is 1.94. The number of benzene rings is 2. The number of amides is 1. The summed E-state index contributed by atoms with van der Waals surface area (Å²) in [4.78, 5) is 24.9. The van der Waals surface area contributed by atoms with Gasteiger partial charge in [0.25, 0.3) is 11.6 Å². The number of ether oxygens (including phenoxy) is 1. The van der Waals surface area contributed by atoms with E-state index in [0.29, 0.717) is 10.9 Å². The van der Waals surface area contributed by atoms with Gasteiger partial charge < -0.3 is 9.84 Å². The Labute approximate surface area is 164 Å². The Kier molecular flexibility index (Phi) is 5.43. The van der Waals surface area contributed by atoms with E-state index in [9.17, 15) is 20.0 Å². The van der Waals surface area contributed by atoms with Crippen molar-refractivity contribution in [1.29, 1.82) is 0 Å². The summed E-state index contributed by atoms with van der Waals surface area (Å²) in [6.45, 7) is 0.326. The van der Waals surface area contributed by atoms with Crippen molar-refractivity contribution < 1.29 is 19.6 Å². The second kappa shape index (κ2) is 7.77. The minimum Gasteiger partial charge on any atom is -0.504 e. The zero-order chi connectivity index (χ0) is 19.6. The molecular formula is C18H14N2O5S2. The van der Waals surface area contributed by atoms with E-state index in [1.54, 1.807) is 0 Å². The second-order valence-electron chi connectivity index (χ2n) is 5.60. The predicted octanol–water partition coefficient (Wildman–Crippen LogP) is 3.71. The van der Waals surface area contributed by atoms with Crippen LogP contribution in [0.3, 0.4) is 0 Å². The first-order valence-corrected chi connectivity index (χ1v) is 8.98. The van der Waals surface area contributed by atoms with E-state index in [1.807, 2.05) is 30.3 Å². The van der Waals surface area contributed by atoms with Crippen LogP contribution in [0.25, 0.3) is 6.08 Å². The molecule has 1 amide bonds. The molecule has 7 nitrogen and oxygen atoms in total. The largest absolute Gasteiger partial charge is 0.504 e. The Morgan fingerprint density at radius 2 is 2.04 bits per heavy atom. The minimum atomic E-state index is -0.597. The van der Waals surface area contributed by atoms with Crippen molar-refractivity contribution in [1.82, 2.24) is 4.90 Å². The molecule has 0 unspecified atom stereocenters. The van der Waals surface area contributed by atoms with Crippen molar-refractivity contribution in [3.8, 4) is 11.5 Å². The summed E-state index contributed by atoms with van der Waals surface area (Å²) in [5.74, 6) is -0.648. The fourth-order valence-electron chi connectivity index (χ4n) is 2.53. The number of hydrogen-bond donors (Lipinski definition) is 1. The summed E-state index contributed by atoms with van der Waals surface area (Å²) < 4.78 is 5.36. The fraction of sp³-hybridized carbons (Fsp3) is 0.111. The van der Waals surface area contributed by atoms with Gasteiger partial charge in [-0.3, -0.25) is 19.8 Å². The number of thiocarbonyl (C=S) groups is 1. The van der Waals surface area contributed by atoms with Gasteiger partial charge in [0.1, 0.15) is 4.32 Å². The summed E-state index contributed by atoms with van der Waals surface area (Å²) >= 11 is 6.37. The van der Waals surface area contributed by atoms with E-state index in [4.69, 9.17) is 17.0 Å². The average molecular weight is 402 g/mol. The highest BCUT2D eigenvalue weighted by molar-refractivity contribution is 8.26. The topological polar surface area (TPSA) is 92.9 Å². The van der Waals surface area contributed by atoms with Crippen molar-refractivity contribution in [3.63, 3.8) is 0 Å². The van der Waals surface area contributed by atoms with E-state index in [2.05, 4.69) is 0 Å². The molecular weight excluding hydrogens is 388 g/mol. The molecule has 0 spiro atoms. The molecule has 0 atom stereocenters. The normalized spacial score (nSPS) is 15.4. The van der Waals surface area contributed by atoms with E-state index in [1.165, 1.54) is 24.2 Å². The molecule has 9 heteroatoms. The monoisotopic (exact) mass is 402 g/mol. The minimum absolute atomic E-state index is 0.0461. The van der Waals surface area contributed by atoms with Gasteiger partial charge in [0.2, 0.25) is 0 Å². The van der Waals surface area contributed by atoms with Crippen LogP contribution in [0.5, 0.6) is 11.5 Å². The SMILES string of the molecule is COc1cc([N+](=O)[O-])cc(/C=C2/SC(=S)N(Cc3ccccc3)C2=O)c1O. The van der Waals surface area contributed by atoms with Crippen molar-refractivity contribution in [2.45, 2.75) is 6.54 Å². The van der Waals surface area contributed by atoms with Crippen molar-refractivity contribution in [2.75, 3.05) is 7.11 Å². The van der Waals surface area contributed by atoms with Crippen LogP contribution in [-0.4, -0.2) is 32.3 Å². The molecule has 2 aromatic carbocycles. The molecule has 1 heterocycles. The van der Waals surface area contributed by atoms with Gasteiger partial charge >= 0.3 is 0 Å². The first-order chi connectivity index (χ1) is 12.9. The van der Waals surface area contributed by atoms with E-state index >= 15 is 0 Å². The van der Waals surface area contributed by atoms with E-state index in [0.717, 1.165) is 23.4 Å². The van der Waals surface area contributed by atoms with Gasteiger partial charge in [0, 0.05) is 11.6 Å². The van der Waals surface area contributed by atoms with Crippen LogP contribution >= 0.6 is 24.0 Å². The zero-order valence-corrected chi connectivity index (χ0v) is 15.8. The van der Waals surface area contributed by atoms with Crippen LogP contribution in [0.4, 0.5) is 5.69 Å². The molecule has 1 aliphatic rings. The van der Waals surface area contributed by atoms with Gasteiger partial charge in [-0.15, -0.1) is 0 Å². The summed E-state index contributed by atoms with van der Waals surface area (Å²) in [6.07, 6.45) is 1.38. The van der Waals surface area contributed by atoms with Crippen LogP contribution in [-0.2, 0) is 11.3 Å². The van der Waals surface area contributed by atoms with Crippen LogP contribution in [0.1, 0.15) is 11.1 Å². The lowest BCUT2D eigenvalue weighted by atomic mass is 10.1. The lowest BCUT2D eigenvalue weighted by Crippen LogP contribution is -2.27. The molecule has 0 bridgehead atoms. The number of carbonyl (C=O) groups excluding carboxylic acids is 1. The number of methoxy groups -OCH3 is 1. The molecule has 0 radical (unpaired) electrons. The third-order valence-corrected chi connectivity index (χ3v) is 5.24. The number of nitro benzene ring substituents is 1. The van der Waals surface area contributed by atoms with Gasteiger partial charge in [-0.2, -0.15) is 0 Å². The Hall–Kier alpha value is -2.91. The Morgan fingerprint density at radius 3 is 2.67 bits per heavy atom. The van der Waals surface area contributed by atoms with Gasteiger partial charge in [-0.05, 0) is 11.6 Å². The first-order valence-electron chi connectivity index (χ1n) is 7.75. The average Bonchev–Trinajstić information content (AvgIpc) is 2.91. The van der Waals surface area contributed by atoms with Gasteiger partial charge in [0.15, 0.2) is 11.5 Å². The molecule has 1 N–H and O–H groups in total. The number of thioether (sulfide) groups is 1. The maximum atomic E-state index is 12.7.